The van der Waals surface area contributed by atoms with E-state index in [4.69, 9.17) is 9.97 Å². The van der Waals surface area contributed by atoms with E-state index >= 15 is 0 Å². The molecule has 3 aromatic rings. The van der Waals surface area contributed by atoms with Crippen LogP contribution in [0.3, 0.4) is 0 Å². The van der Waals surface area contributed by atoms with Crippen LogP contribution in [0.5, 0.6) is 0 Å². The van der Waals surface area contributed by atoms with Crippen LogP contribution in [0.2, 0.25) is 0 Å². The molecule has 5 rings (SSSR count). The zero-order valence-corrected chi connectivity index (χ0v) is 14.4. The Hall–Kier alpha value is -3.02. The normalized spacial score (nSPS) is 15.9. The summed E-state index contributed by atoms with van der Waals surface area (Å²) in [5, 5.41) is 0. The first-order valence-electron chi connectivity index (χ1n) is 8.99. The van der Waals surface area contributed by atoms with Gasteiger partial charge in [0, 0.05) is 18.5 Å². The molecule has 0 unspecified atom stereocenters. The van der Waals surface area contributed by atoms with Crippen molar-refractivity contribution in [1.82, 2.24) is 19.9 Å². The molecule has 2 aliphatic rings. The Morgan fingerprint density at radius 1 is 1.08 bits per heavy atom. The van der Waals surface area contributed by atoms with Crippen molar-refractivity contribution in [3.63, 3.8) is 0 Å². The van der Waals surface area contributed by atoms with E-state index in [1.165, 1.54) is 5.56 Å². The zero-order chi connectivity index (χ0) is 17.5. The van der Waals surface area contributed by atoms with Crippen molar-refractivity contribution >= 4 is 5.82 Å². The van der Waals surface area contributed by atoms with E-state index in [0.29, 0.717) is 25.4 Å². The van der Waals surface area contributed by atoms with E-state index in [9.17, 15) is 4.79 Å². The SMILES string of the molecule is O=c1[nH]c(C2CC2)nc2c1CN(c1ccnc(Cc3ccccc3)n1)C2. The zero-order valence-electron chi connectivity index (χ0n) is 14.4. The van der Waals surface area contributed by atoms with Gasteiger partial charge in [-0.25, -0.2) is 15.0 Å². The van der Waals surface area contributed by atoms with Crippen molar-refractivity contribution in [3.8, 4) is 0 Å². The number of rotatable bonds is 4. The van der Waals surface area contributed by atoms with Crippen LogP contribution < -0.4 is 10.5 Å². The van der Waals surface area contributed by atoms with E-state index in [-0.39, 0.29) is 5.56 Å². The quantitative estimate of drug-likeness (QED) is 0.786. The number of hydrogen-bond acceptors (Lipinski definition) is 5. The third kappa shape index (κ3) is 2.87. The molecule has 26 heavy (non-hydrogen) atoms. The summed E-state index contributed by atoms with van der Waals surface area (Å²) in [7, 11) is 0. The Kier molecular flexibility index (Phi) is 3.55. The Bertz CT molecular complexity index is 1010. The van der Waals surface area contributed by atoms with E-state index < -0.39 is 0 Å². The van der Waals surface area contributed by atoms with Crippen LogP contribution in [-0.4, -0.2) is 19.9 Å². The van der Waals surface area contributed by atoms with Gasteiger partial charge in [-0.2, -0.15) is 0 Å². The number of fused-ring (bicyclic) bond motifs is 1. The fraction of sp³-hybridized carbons (Fsp3) is 0.300. The van der Waals surface area contributed by atoms with Gasteiger partial charge in [0.2, 0.25) is 0 Å². The Morgan fingerprint density at radius 3 is 2.73 bits per heavy atom. The third-order valence-electron chi connectivity index (χ3n) is 4.99. The molecule has 3 heterocycles. The van der Waals surface area contributed by atoms with Crippen LogP contribution in [0.4, 0.5) is 5.82 Å². The first kappa shape index (κ1) is 15.3. The Morgan fingerprint density at radius 2 is 1.92 bits per heavy atom. The summed E-state index contributed by atoms with van der Waals surface area (Å²) in [6.07, 6.45) is 4.73. The summed E-state index contributed by atoms with van der Waals surface area (Å²) < 4.78 is 0. The summed E-state index contributed by atoms with van der Waals surface area (Å²) in [6.45, 7) is 1.17. The van der Waals surface area contributed by atoms with Crippen molar-refractivity contribution in [3.05, 3.63) is 81.4 Å². The lowest BCUT2D eigenvalue weighted by molar-refractivity contribution is 0.822. The molecular formula is C20H19N5O. The lowest BCUT2D eigenvalue weighted by Crippen LogP contribution is -2.19. The first-order valence-corrected chi connectivity index (χ1v) is 8.99. The minimum absolute atomic E-state index is 0.00188. The van der Waals surface area contributed by atoms with Gasteiger partial charge < -0.3 is 9.88 Å². The van der Waals surface area contributed by atoms with Crippen LogP contribution in [0, 0.1) is 0 Å². The molecule has 0 atom stereocenters. The van der Waals surface area contributed by atoms with Crippen molar-refractivity contribution in [1.29, 1.82) is 0 Å². The molecule has 0 amide bonds. The van der Waals surface area contributed by atoms with Gasteiger partial charge in [0.15, 0.2) is 0 Å². The molecule has 6 heteroatoms. The first-order chi connectivity index (χ1) is 12.8. The fourth-order valence-corrected chi connectivity index (χ4v) is 3.43. The average molecular weight is 345 g/mol. The van der Waals surface area contributed by atoms with Gasteiger partial charge in [-0.3, -0.25) is 4.79 Å². The predicted molar refractivity (Wildman–Crippen MR) is 98.0 cm³/mol. The van der Waals surface area contributed by atoms with E-state index in [0.717, 1.165) is 41.6 Å². The van der Waals surface area contributed by atoms with Gasteiger partial charge in [-0.15, -0.1) is 0 Å². The molecule has 0 radical (unpaired) electrons. The van der Waals surface area contributed by atoms with E-state index in [1.807, 2.05) is 24.3 Å². The number of H-pyrrole nitrogens is 1. The predicted octanol–water partition coefficient (Wildman–Crippen LogP) is 2.55. The molecule has 130 valence electrons. The molecule has 1 N–H and O–H groups in total. The van der Waals surface area contributed by atoms with Crippen LogP contribution in [0.25, 0.3) is 0 Å². The number of aromatic amines is 1. The minimum Gasteiger partial charge on any atom is -0.346 e. The largest absolute Gasteiger partial charge is 0.346 e. The number of nitrogens with zero attached hydrogens (tertiary/aromatic N) is 4. The van der Waals surface area contributed by atoms with Crippen molar-refractivity contribution in [2.75, 3.05) is 4.90 Å². The summed E-state index contributed by atoms with van der Waals surface area (Å²) in [5.74, 6) is 2.92. The Labute approximate surface area is 151 Å². The van der Waals surface area contributed by atoms with Gasteiger partial charge in [0.05, 0.1) is 24.3 Å². The topological polar surface area (TPSA) is 74.8 Å². The number of hydrogen-bond donors (Lipinski definition) is 1. The monoisotopic (exact) mass is 345 g/mol. The molecule has 1 aliphatic carbocycles. The molecule has 0 bridgehead atoms. The van der Waals surface area contributed by atoms with Crippen LogP contribution in [0.15, 0.2) is 47.4 Å². The number of nitrogens with one attached hydrogen (secondary N) is 1. The van der Waals surface area contributed by atoms with Crippen molar-refractivity contribution in [2.24, 2.45) is 0 Å². The summed E-state index contributed by atoms with van der Waals surface area (Å²) in [5.41, 5.74) is 2.83. The second-order valence-electron chi connectivity index (χ2n) is 7.00. The van der Waals surface area contributed by atoms with Gasteiger partial charge in [-0.05, 0) is 24.5 Å². The third-order valence-corrected chi connectivity index (χ3v) is 4.99. The maximum atomic E-state index is 12.4. The summed E-state index contributed by atoms with van der Waals surface area (Å²) in [6, 6.07) is 12.1. The molecule has 0 saturated heterocycles. The second kappa shape index (κ2) is 6.05. The molecule has 1 fully saturated rings. The molecular weight excluding hydrogens is 326 g/mol. The average Bonchev–Trinajstić information content (AvgIpc) is 3.42. The van der Waals surface area contributed by atoms with Crippen LogP contribution in [0.1, 0.15) is 47.2 Å². The maximum absolute atomic E-state index is 12.4. The smallest absolute Gasteiger partial charge is 0.256 e. The number of anilines is 1. The summed E-state index contributed by atoms with van der Waals surface area (Å²) >= 11 is 0. The molecule has 0 spiro atoms. The number of benzene rings is 1. The minimum atomic E-state index is -0.00188. The van der Waals surface area contributed by atoms with Crippen molar-refractivity contribution < 1.29 is 0 Å². The van der Waals surface area contributed by atoms with Gasteiger partial charge >= 0.3 is 0 Å². The molecule has 1 aliphatic heterocycles. The highest BCUT2D eigenvalue weighted by atomic mass is 16.1. The van der Waals surface area contributed by atoms with Gasteiger partial charge in [0.1, 0.15) is 17.5 Å². The number of aromatic nitrogens is 4. The highest BCUT2D eigenvalue weighted by Gasteiger charge is 2.30. The van der Waals surface area contributed by atoms with Gasteiger partial charge in [0.25, 0.3) is 5.56 Å². The Balaban J connectivity index is 1.40. The van der Waals surface area contributed by atoms with E-state index in [1.54, 1.807) is 6.20 Å². The standard InChI is InChI=1S/C20H19N5O/c26-20-15-11-25(12-16(15)22-19(24-20)14-6-7-14)18-8-9-21-17(23-18)10-13-4-2-1-3-5-13/h1-5,8-9,14H,6-7,10-12H2,(H,22,24,26). The molecule has 2 aromatic heterocycles. The van der Waals surface area contributed by atoms with Crippen molar-refractivity contribution in [2.45, 2.75) is 38.3 Å². The van der Waals surface area contributed by atoms with Gasteiger partial charge in [-0.1, -0.05) is 30.3 Å². The maximum Gasteiger partial charge on any atom is 0.256 e. The lowest BCUT2D eigenvalue weighted by atomic mass is 10.1. The fourth-order valence-electron chi connectivity index (χ4n) is 3.43. The summed E-state index contributed by atoms with van der Waals surface area (Å²) in [4.78, 5) is 31.3. The second-order valence-corrected chi connectivity index (χ2v) is 7.00. The molecule has 1 aromatic carbocycles. The highest BCUT2D eigenvalue weighted by molar-refractivity contribution is 5.44. The lowest BCUT2D eigenvalue weighted by Gasteiger charge is -2.16. The van der Waals surface area contributed by atoms with Crippen LogP contribution in [-0.2, 0) is 19.5 Å². The highest BCUT2D eigenvalue weighted by Crippen LogP contribution is 2.38. The molecule has 6 nitrogen and oxygen atoms in total. The molecule has 1 saturated carbocycles. The van der Waals surface area contributed by atoms with Crippen LogP contribution >= 0.6 is 0 Å². The van der Waals surface area contributed by atoms with E-state index in [2.05, 4.69) is 27.0 Å².